The minimum absolute atomic E-state index is 0.0723. The Balaban J connectivity index is 1.22. The van der Waals surface area contributed by atoms with Gasteiger partial charge in [0.1, 0.15) is 0 Å². The topological polar surface area (TPSA) is 41.6 Å². The Bertz CT molecular complexity index is 2520. The molecule has 2 aliphatic rings. The number of nitrogens with zero attached hydrogens (tertiary/aromatic N) is 3. The molecule has 1 unspecified atom stereocenters. The van der Waals surface area contributed by atoms with Gasteiger partial charge in [-0.15, -0.1) is 11.3 Å². The van der Waals surface area contributed by atoms with Crippen molar-refractivity contribution in [3.63, 3.8) is 0 Å². The van der Waals surface area contributed by atoms with E-state index in [0.29, 0.717) is 0 Å². The summed E-state index contributed by atoms with van der Waals surface area (Å²) in [4.78, 5) is 5.22. The Kier molecular flexibility index (Phi) is 5.67. The second-order valence-electron chi connectivity index (χ2n) is 12.1. The smallest absolute Gasteiger partial charge is 0.0744 e. The second-order valence-corrected chi connectivity index (χ2v) is 13.2. The first-order valence-electron chi connectivity index (χ1n) is 15.4. The lowest BCUT2D eigenvalue weighted by Gasteiger charge is -2.16. The van der Waals surface area contributed by atoms with Gasteiger partial charge in [0.25, 0.3) is 0 Å². The van der Waals surface area contributed by atoms with E-state index >= 15 is 0 Å². The summed E-state index contributed by atoms with van der Waals surface area (Å²) in [6.45, 7) is 2.21. The molecule has 0 bridgehead atoms. The van der Waals surface area contributed by atoms with Crippen molar-refractivity contribution in [1.29, 1.82) is 5.26 Å². The van der Waals surface area contributed by atoms with Crippen molar-refractivity contribution >= 4 is 71.0 Å². The Hall–Kier alpha value is -4.98. The van der Waals surface area contributed by atoms with Crippen LogP contribution in [0.25, 0.3) is 76.6 Å². The fourth-order valence-corrected chi connectivity index (χ4v) is 8.60. The van der Waals surface area contributed by atoms with E-state index in [2.05, 4.69) is 121 Å². The standard InChI is InChI=1S/C40H29N3S/c1-24-39(27-15-14-25(20-27)23-41)31-10-2-5-11-34(31)42-40(24)26-16-18-28(19-17-26)43-35-12-6-3-8-29(35)32-22-38-33(21-36(32)43)30-9-4-7-13-37(30)44-38/h3-4,6-13,15-19,21-22,25H,2,5,14,20H2,1H3. The normalized spacial score (nSPS) is 16.2. The molecular formula is C40H29N3S. The molecule has 0 amide bonds. The number of benzene rings is 4. The highest BCUT2D eigenvalue weighted by atomic mass is 32.1. The van der Waals surface area contributed by atoms with E-state index in [9.17, 15) is 5.26 Å². The van der Waals surface area contributed by atoms with Crippen LogP contribution in [0, 0.1) is 24.2 Å². The molecule has 3 heterocycles. The van der Waals surface area contributed by atoms with Gasteiger partial charge >= 0.3 is 0 Å². The molecule has 0 N–H and O–H groups in total. The van der Waals surface area contributed by atoms with E-state index in [-0.39, 0.29) is 5.92 Å². The van der Waals surface area contributed by atoms with Crippen molar-refractivity contribution < 1.29 is 0 Å². The number of pyridine rings is 1. The third kappa shape index (κ3) is 3.76. The van der Waals surface area contributed by atoms with Crippen molar-refractivity contribution in [2.45, 2.75) is 32.6 Å². The number of rotatable bonds is 3. The summed E-state index contributed by atoms with van der Waals surface area (Å²) in [5.74, 6) is 0.0723. The predicted molar refractivity (Wildman–Crippen MR) is 185 cm³/mol. The van der Waals surface area contributed by atoms with Gasteiger partial charge in [-0.1, -0.05) is 66.8 Å². The third-order valence-electron chi connectivity index (χ3n) is 9.55. The van der Waals surface area contributed by atoms with Gasteiger partial charge in [-0.2, -0.15) is 5.26 Å². The van der Waals surface area contributed by atoms with E-state index in [1.54, 1.807) is 0 Å². The fourth-order valence-electron chi connectivity index (χ4n) is 7.47. The largest absolute Gasteiger partial charge is 0.309 e. The summed E-state index contributed by atoms with van der Waals surface area (Å²) in [6, 6.07) is 33.7. The Morgan fingerprint density at radius 1 is 0.795 bits per heavy atom. The molecule has 0 saturated carbocycles. The SMILES string of the molecule is Cc1c(-c2ccc(-n3c4ccccc4c4cc5sc6ccccc6c5cc43)cc2)nc2c(c1C1=CCC(C#N)C1)=CCCC=2. The Morgan fingerprint density at radius 2 is 1.59 bits per heavy atom. The van der Waals surface area contributed by atoms with Crippen LogP contribution in [-0.4, -0.2) is 9.55 Å². The maximum Gasteiger partial charge on any atom is 0.0744 e. The highest BCUT2D eigenvalue weighted by Crippen LogP contribution is 2.41. The summed E-state index contributed by atoms with van der Waals surface area (Å²) < 4.78 is 5.07. The summed E-state index contributed by atoms with van der Waals surface area (Å²) in [5.41, 5.74) is 9.54. The molecule has 4 heteroatoms. The lowest BCUT2D eigenvalue weighted by Crippen LogP contribution is -2.35. The first-order chi connectivity index (χ1) is 21.7. The zero-order valence-corrected chi connectivity index (χ0v) is 25.3. The molecule has 1 atom stereocenters. The summed E-state index contributed by atoms with van der Waals surface area (Å²) in [6.07, 6.45) is 10.6. The number of thiophene rings is 1. The van der Waals surface area contributed by atoms with Gasteiger partial charge in [0, 0.05) is 47.4 Å². The van der Waals surface area contributed by atoms with Crippen molar-refractivity contribution in [1.82, 2.24) is 9.55 Å². The van der Waals surface area contributed by atoms with Crippen LogP contribution in [0.5, 0.6) is 0 Å². The van der Waals surface area contributed by atoms with E-state index in [1.165, 1.54) is 63.9 Å². The zero-order valence-electron chi connectivity index (χ0n) is 24.5. The average Bonchev–Trinajstić information content (AvgIpc) is 3.77. The molecule has 210 valence electrons. The molecule has 3 aromatic heterocycles. The molecule has 44 heavy (non-hydrogen) atoms. The number of allylic oxidation sites excluding steroid dienone is 2. The molecule has 0 spiro atoms. The lowest BCUT2D eigenvalue weighted by atomic mass is 9.91. The third-order valence-corrected chi connectivity index (χ3v) is 10.7. The maximum absolute atomic E-state index is 9.58. The minimum atomic E-state index is 0.0723. The molecular weight excluding hydrogens is 555 g/mol. The lowest BCUT2D eigenvalue weighted by molar-refractivity contribution is 0.737. The van der Waals surface area contributed by atoms with Crippen molar-refractivity contribution in [2.24, 2.45) is 5.92 Å². The molecule has 3 nitrogen and oxygen atoms in total. The Morgan fingerprint density at radius 3 is 2.43 bits per heavy atom. The second kappa shape index (κ2) is 9.77. The van der Waals surface area contributed by atoms with Gasteiger partial charge < -0.3 is 4.57 Å². The van der Waals surface area contributed by atoms with Gasteiger partial charge in [-0.25, -0.2) is 4.98 Å². The molecule has 9 rings (SSSR count). The van der Waals surface area contributed by atoms with Crippen LogP contribution >= 0.6 is 11.3 Å². The van der Waals surface area contributed by atoms with Gasteiger partial charge in [0.2, 0.25) is 0 Å². The first kappa shape index (κ1) is 25.5. The van der Waals surface area contributed by atoms with E-state index in [0.717, 1.165) is 48.0 Å². The van der Waals surface area contributed by atoms with E-state index in [1.807, 2.05) is 11.3 Å². The molecule has 4 aromatic carbocycles. The molecule has 0 saturated heterocycles. The van der Waals surface area contributed by atoms with Crippen molar-refractivity contribution in [2.75, 3.05) is 0 Å². The molecule has 2 aliphatic carbocycles. The average molecular weight is 584 g/mol. The van der Waals surface area contributed by atoms with E-state index < -0.39 is 0 Å². The van der Waals surface area contributed by atoms with Crippen LogP contribution in [0.1, 0.15) is 36.8 Å². The van der Waals surface area contributed by atoms with Gasteiger partial charge in [-0.3, -0.25) is 0 Å². The fraction of sp³-hybridized carbons (Fsp3) is 0.150. The summed E-state index contributed by atoms with van der Waals surface area (Å²) in [5, 5.41) is 17.1. The monoisotopic (exact) mass is 583 g/mol. The number of aromatic nitrogens is 2. The Labute approximate surface area is 259 Å². The number of nitriles is 1. The van der Waals surface area contributed by atoms with Gasteiger partial charge in [0.15, 0.2) is 0 Å². The van der Waals surface area contributed by atoms with E-state index in [4.69, 9.17) is 4.98 Å². The predicted octanol–water partition coefficient (Wildman–Crippen LogP) is 9.19. The highest BCUT2D eigenvalue weighted by Gasteiger charge is 2.23. The van der Waals surface area contributed by atoms with Crippen LogP contribution in [-0.2, 0) is 0 Å². The molecule has 7 aromatic rings. The van der Waals surface area contributed by atoms with Crippen LogP contribution in [0.4, 0.5) is 0 Å². The summed E-state index contributed by atoms with van der Waals surface area (Å²) in [7, 11) is 0. The number of hydrogen-bond acceptors (Lipinski definition) is 3. The maximum atomic E-state index is 9.58. The minimum Gasteiger partial charge on any atom is -0.309 e. The van der Waals surface area contributed by atoms with Crippen molar-refractivity contribution in [3.05, 3.63) is 113 Å². The first-order valence-corrected chi connectivity index (χ1v) is 16.2. The zero-order chi connectivity index (χ0) is 29.4. The van der Waals surface area contributed by atoms with Gasteiger partial charge in [0.05, 0.1) is 34.1 Å². The number of para-hydroxylation sites is 1. The summed E-state index contributed by atoms with van der Waals surface area (Å²) >= 11 is 1.87. The molecule has 0 fully saturated rings. The van der Waals surface area contributed by atoms with Crippen LogP contribution in [0.3, 0.4) is 0 Å². The van der Waals surface area contributed by atoms with Gasteiger partial charge in [-0.05, 0) is 85.7 Å². The number of hydrogen-bond donors (Lipinski definition) is 0. The number of fused-ring (bicyclic) bond motifs is 7. The highest BCUT2D eigenvalue weighted by molar-refractivity contribution is 7.25. The van der Waals surface area contributed by atoms with Crippen LogP contribution in [0.2, 0.25) is 0 Å². The van der Waals surface area contributed by atoms with Crippen LogP contribution < -0.4 is 10.6 Å². The molecule has 0 radical (unpaired) electrons. The van der Waals surface area contributed by atoms with Crippen molar-refractivity contribution in [3.8, 4) is 23.0 Å². The van der Waals surface area contributed by atoms with Crippen LogP contribution in [0.15, 0.2) is 91.0 Å². The quantitative estimate of drug-likeness (QED) is 0.208. The molecule has 0 aliphatic heterocycles.